The quantitative estimate of drug-likeness (QED) is 0.778. The summed E-state index contributed by atoms with van der Waals surface area (Å²) in [6.45, 7) is 4.25. The van der Waals surface area contributed by atoms with Gasteiger partial charge in [0.1, 0.15) is 0 Å². The summed E-state index contributed by atoms with van der Waals surface area (Å²) in [4.78, 5) is 9.04. The standard InChI is InChI=1S/C12H17O2P/c1-3-10(2)12(9-15(13)14)11-7-5-4-6-8-11/h4-8,10,12H,3,9H2,1-2H3/p+1. The maximum absolute atomic E-state index is 11.0. The van der Waals surface area contributed by atoms with Crippen LogP contribution in [0.3, 0.4) is 0 Å². The van der Waals surface area contributed by atoms with Gasteiger partial charge in [-0.3, -0.25) is 0 Å². The second-order valence-electron chi connectivity index (χ2n) is 3.94. The van der Waals surface area contributed by atoms with E-state index in [1.165, 1.54) is 5.56 Å². The number of benzene rings is 1. The maximum Gasteiger partial charge on any atom is 0.506 e. The van der Waals surface area contributed by atoms with E-state index in [4.69, 9.17) is 4.89 Å². The molecule has 3 heteroatoms. The van der Waals surface area contributed by atoms with Crippen molar-refractivity contribution in [2.75, 3.05) is 6.16 Å². The van der Waals surface area contributed by atoms with Gasteiger partial charge in [0.05, 0.1) is 0 Å². The van der Waals surface area contributed by atoms with E-state index in [9.17, 15) is 4.57 Å². The molecule has 0 aromatic heterocycles. The Morgan fingerprint density at radius 2 is 1.93 bits per heavy atom. The van der Waals surface area contributed by atoms with Crippen LogP contribution in [0.25, 0.3) is 0 Å². The highest BCUT2D eigenvalue weighted by molar-refractivity contribution is 7.38. The summed E-state index contributed by atoms with van der Waals surface area (Å²) in [5.41, 5.74) is 1.17. The Balaban J connectivity index is 2.86. The first-order chi connectivity index (χ1) is 7.15. The van der Waals surface area contributed by atoms with Gasteiger partial charge in [0, 0.05) is 5.92 Å². The van der Waals surface area contributed by atoms with Crippen molar-refractivity contribution in [3.8, 4) is 0 Å². The largest absolute Gasteiger partial charge is 0.506 e. The summed E-state index contributed by atoms with van der Waals surface area (Å²) in [6, 6.07) is 10.0. The second-order valence-corrected chi connectivity index (χ2v) is 5.01. The molecule has 15 heavy (non-hydrogen) atoms. The average molecular weight is 225 g/mol. The van der Waals surface area contributed by atoms with E-state index in [0.717, 1.165) is 6.42 Å². The van der Waals surface area contributed by atoms with Crippen LogP contribution in [0.1, 0.15) is 31.7 Å². The van der Waals surface area contributed by atoms with Gasteiger partial charge in [-0.1, -0.05) is 50.6 Å². The minimum absolute atomic E-state index is 0.199. The molecule has 0 saturated heterocycles. The van der Waals surface area contributed by atoms with Crippen LogP contribution in [-0.4, -0.2) is 11.1 Å². The van der Waals surface area contributed by atoms with E-state index in [1.54, 1.807) is 0 Å². The summed E-state index contributed by atoms with van der Waals surface area (Å²) in [6.07, 6.45) is 1.40. The molecule has 1 aromatic rings. The van der Waals surface area contributed by atoms with Gasteiger partial charge in [-0.05, 0) is 16.0 Å². The van der Waals surface area contributed by atoms with E-state index < -0.39 is 8.03 Å². The van der Waals surface area contributed by atoms with Crippen LogP contribution >= 0.6 is 8.03 Å². The summed E-state index contributed by atoms with van der Waals surface area (Å²) in [5, 5.41) is 0. The molecule has 2 nitrogen and oxygen atoms in total. The second kappa shape index (κ2) is 5.99. The smallest absolute Gasteiger partial charge is 0.161 e. The fraction of sp³-hybridized carbons (Fsp3) is 0.500. The lowest BCUT2D eigenvalue weighted by molar-refractivity contribution is 0.449. The van der Waals surface area contributed by atoms with Crippen molar-refractivity contribution in [3.63, 3.8) is 0 Å². The van der Waals surface area contributed by atoms with Crippen molar-refractivity contribution in [3.05, 3.63) is 35.9 Å². The highest BCUT2D eigenvalue weighted by atomic mass is 31.1. The molecule has 0 aliphatic rings. The van der Waals surface area contributed by atoms with Crippen molar-refractivity contribution < 1.29 is 9.46 Å². The lowest BCUT2D eigenvalue weighted by atomic mass is 9.87. The molecule has 3 unspecified atom stereocenters. The van der Waals surface area contributed by atoms with Crippen molar-refractivity contribution in [1.82, 2.24) is 0 Å². The fourth-order valence-electron chi connectivity index (χ4n) is 1.77. The van der Waals surface area contributed by atoms with Gasteiger partial charge in [-0.15, -0.1) is 0 Å². The Kier molecular flexibility index (Phi) is 4.93. The fourth-order valence-corrected chi connectivity index (χ4v) is 2.67. The predicted molar refractivity (Wildman–Crippen MR) is 63.3 cm³/mol. The van der Waals surface area contributed by atoms with Gasteiger partial charge in [0.15, 0.2) is 6.16 Å². The molecular weight excluding hydrogens is 207 g/mol. The third-order valence-corrected chi connectivity index (χ3v) is 3.62. The summed E-state index contributed by atoms with van der Waals surface area (Å²) in [7, 11) is -2.05. The van der Waals surface area contributed by atoms with Crippen LogP contribution in [-0.2, 0) is 4.57 Å². The minimum Gasteiger partial charge on any atom is -0.161 e. The van der Waals surface area contributed by atoms with Crippen LogP contribution in [0, 0.1) is 5.92 Å². The molecule has 1 N–H and O–H groups in total. The molecule has 0 aliphatic heterocycles. The number of rotatable bonds is 5. The molecule has 0 saturated carbocycles. The van der Waals surface area contributed by atoms with Crippen LogP contribution < -0.4 is 0 Å². The van der Waals surface area contributed by atoms with E-state index in [2.05, 4.69) is 13.8 Å². The zero-order valence-corrected chi connectivity index (χ0v) is 10.2. The molecule has 0 bridgehead atoms. The molecule has 1 rings (SSSR count). The van der Waals surface area contributed by atoms with E-state index in [0.29, 0.717) is 12.1 Å². The monoisotopic (exact) mass is 225 g/mol. The molecule has 3 atom stereocenters. The SMILES string of the molecule is CCC(C)C(C[P+](=O)O)c1ccccc1. The molecule has 0 heterocycles. The van der Waals surface area contributed by atoms with E-state index in [-0.39, 0.29) is 5.92 Å². The highest BCUT2D eigenvalue weighted by Crippen LogP contribution is 2.33. The van der Waals surface area contributed by atoms with Gasteiger partial charge in [-0.2, -0.15) is 4.89 Å². The topological polar surface area (TPSA) is 37.3 Å². The maximum atomic E-state index is 11.0. The molecule has 0 amide bonds. The zero-order valence-electron chi connectivity index (χ0n) is 9.26. The van der Waals surface area contributed by atoms with Gasteiger partial charge in [0.2, 0.25) is 0 Å². The van der Waals surface area contributed by atoms with Crippen molar-refractivity contribution in [2.45, 2.75) is 26.2 Å². The highest BCUT2D eigenvalue weighted by Gasteiger charge is 2.26. The van der Waals surface area contributed by atoms with E-state index >= 15 is 0 Å². The molecule has 0 fully saturated rings. The lowest BCUT2D eigenvalue weighted by Gasteiger charge is -2.18. The van der Waals surface area contributed by atoms with Crippen LogP contribution in [0.15, 0.2) is 30.3 Å². The van der Waals surface area contributed by atoms with Crippen LogP contribution in [0.4, 0.5) is 0 Å². The Morgan fingerprint density at radius 1 is 1.33 bits per heavy atom. The zero-order chi connectivity index (χ0) is 11.3. The Morgan fingerprint density at radius 3 is 2.40 bits per heavy atom. The van der Waals surface area contributed by atoms with E-state index in [1.807, 2.05) is 30.3 Å². The Hall–Kier alpha value is -0.720. The minimum atomic E-state index is -2.05. The molecular formula is C12H18O2P+. The molecule has 82 valence electrons. The van der Waals surface area contributed by atoms with Gasteiger partial charge in [-0.25, -0.2) is 0 Å². The van der Waals surface area contributed by atoms with Crippen molar-refractivity contribution >= 4 is 8.03 Å². The lowest BCUT2D eigenvalue weighted by Crippen LogP contribution is -2.11. The van der Waals surface area contributed by atoms with Crippen LogP contribution in [0.2, 0.25) is 0 Å². The first-order valence-corrected chi connectivity index (χ1v) is 6.73. The number of hydrogen-bond acceptors (Lipinski definition) is 1. The predicted octanol–water partition coefficient (Wildman–Crippen LogP) is 3.55. The molecule has 0 radical (unpaired) electrons. The first kappa shape index (κ1) is 12.4. The summed E-state index contributed by atoms with van der Waals surface area (Å²) in [5.74, 6) is 0.642. The number of hydrogen-bond donors (Lipinski definition) is 1. The molecule has 0 aliphatic carbocycles. The molecule has 0 spiro atoms. The van der Waals surface area contributed by atoms with Gasteiger partial charge >= 0.3 is 8.03 Å². The summed E-state index contributed by atoms with van der Waals surface area (Å²) >= 11 is 0. The average Bonchev–Trinajstić information content (AvgIpc) is 2.26. The van der Waals surface area contributed by atoms with Crippen molar-refractivity contribution in [1.29, 1.82) is 0 Å². The van der Waals surface area contributed by atoms with Crippen LogP contribution in [0.5, 0.6) is 0 Å². The summed E-state index contributed by atoms with van der Waals surface area (Å²) < 4.78 is 11.0. The van der Waals surface area contributed by atoms with Gasteiger partial charge in [0.25, 0.3) is 0 Å². The third kappa shape index (κ3) is 3.73. The third-order valence-electron chi connectivity index (χ3n) is 2.91. The Bertz CT molecular complexity index is 311. The molecule has 1 aromatic carbocycles. The normalized spacial score (nSPS) is 15.8. The van der Waals surface area contributed by atoms with Crippen molar-refractivity contribution in [2.24, 2.45) is 5.92 Å². The Labute approximate surface area is 92.2 Å². The first-order valence-electron chi connectivity index (χ1n) is 5.33. The van der Waals surface area contributed by atoms with Gasteiger partial charge < -0.3 is 0 Å².